The second kappa shape index (κ2) is 7.28. The van der Waals surface area contributed by atoms with E-state index in [0.717, 1.165) is 10.5 Å². The molecule has 2 aromatic carbocycles. The summed E-state index contributed by atoms with van der Waals surface area (Å²) in [6, 6.07) is 13.7. The summed E-state index contributed by atoms with van der Waals surface area (Å²) in [5.74, 6) is 0. The van der Waals surface area contributed by atoms with Crippen LogP contribution < -0.4 is 9.92 Å². The van der Waals surface area contributed by atoms with E-state index < -0.39 is 30.1 Å². The number of hydrogen-bond donors (Lipinski definition) is 0. The summed E-state index contributed by atoms with van der Waals surface area (Å²) in [6.45, 7) is 7.74. The molecule has 1 saturated heterocycles. The minimum absolute atomic E-state index is 0.0177. The van der Waals surface area contributed by atoms with E-state index in [2.05, 4.69) is 0 Å². The summed E-state index contributed by atoms with van der Waals surface area (Å²) in [7, 11) is -0.668. The van der Waals surface area contributed by atoms with E-state index in [1.54, 1.807) is 0 Å². The third-order valence-electron chi connectivity index (χ3n) is 5.12. The summed E-state index contributed by atoms with van der Waals surface area (Å²) in [6.07, 6.45) is -4.37. The van der Waals surface area contributed by atoms with Gasteiger partial charge in [-0.2, -0.15) is 0 Å². The third kappa shape index (κ3) is 4.43. The van der Waals surface area contributed by atoms with Crippen LogP contribution in [-0.2, 0) is 20.8 Å². The average molecular weight is 441 g/mol. The zero-order valence-electron chi connectivity index (χ0n) is 15.8. The quantitative estimate of drug-likeness (QED) is 0.677. The molecule has 0 amide bonds. The van der Waals surface area contributed by atoms with Gasteiger partial charge in [-0.1, -0.05) is 0 Å². The van der Waals surface area contributed by atoms with Gasteiger partial charge in [0.05, 0.1) is 0 Å². The van der Waals surface area contributed by atoms with Crippen LogP contribution in [0.25, 0.3) is 0 Å². The maximum atomic E-state index is 13.2. The Morgan fingerprint density at radius 3 is 2.07 bits per heavy atom. The topological polar surface area (TPSA) is 18.5 Å². The van der Waals surface area contributed by atoms with E-state index in [-0.39, 0.29) is 15.0 Å². The molecule has 2 nitrogen and oxygen atoms in total. The molecule has 2 aromatic rings. The van der Waals surface area contributed by atoms with Crippen LogP contribution in [0.5, 0.6) is 0 Å². The Hall–Kier alpha value is -1.27. The summed E-state index contributed by atoms with van der Waals surface area (Å²) in [5.41, 5.74) is -0.405. The fourth-order valence-electron chi connectivity index (χ4n) is 2.78. The third-order valence-corrected chi connectivity index (χ3v) is 7.34. The van der Waals surface area contributed by atoms with Crippen molar-refractivity contribution in [3.63, 3.8) is 0 Å². The van der Waals surface area contributed by atoms with Crippen molar-refractivity contribution in [1.82, 2.24) is 0 Å². The van der Waals surface area contributed by atoms with Gasteiger partial charge in [-0.3, -0.25) is 0 Å². The standard InChI is InChI=1S/C20H22BF3O2Se/c1-18(2)19(3,4)26-21(25-18)17-11-10-15(20(22,23)24)12-14(17)13-27-16-8-6-5-7-9-16/h5-12H,13H2,1-4H3. The van der Waals surface area contributed by atoms with Crippen molar-refractivity contribution in [3.05, 3.63) is 59.7 Å². The van der Waals surface area contributed by atoms with Gasteiger partial charge in [-0.15, -0.1) is 0 Å². The van der Waals surface area contributed by atoms with Crippen LogP contribution in [0.1, 0.15) is 38.8 Å². The van der Waals surface area contributed by atoms with Crippen LogP contribution in [0.15, 0.2) is 48.5 Å². The monoisotopic (exact) mass is 442 g/mol. The van der Waals surface area contributed by atoms with E-state index >= 15 is 0 Å². The Balaban J connectivity index is 1.93. The molecule has 3 rings (SSSR count). The van der Waals surface area contributed by atoms with E-state index in [0.29, 0.717) is 16.3 Å². The molecular weight excluding hydrogens is 419 g/mol. The molecule has 1 aliphatic rings. The fourth-order valence-corrected chi connectivity index (χ4v) is 4.72. The van der Waals surface area contributed by atoms with Crippen molar-refractivity contribution in [2.24, 2.45) is 0 Å². The molecule has 0 saturated carbocycles. The van der Waals surface area contributed by atoms with Crippen molar-refractivity contribution < 1.29 is 22.5 Å². The Kier molecular flexibility index (Phi) is 5.52. The van der Waals surface area contributed by atoms with Gasteiger partial charge in [0, 0.05) is 0 Å². The molecule has 1 fully saturated rings. The minimum atomic E-state index is -4.37. The number of benzene rings is 2. The maximum absolute atomic E-state index is 13.2. The van der Waals surface area contributed by atoms with Gasteiger partial charge >= 0.3 is 165 Å². The zero-order valence-corrected chi connectivity index (χ0v) is 17.5. The second-order valence-corrected chi connectivity index (χ2v) is 9.80. The van der Waals surface area contributed by atoms with Gasteiger partial charge in [0.1, 0.15) is 0 Å². The van der Waals surface area contributed by atoms with Crippen molar-refractivity contribution in [3.8, 4) is 0 Å². The molecule has 1 heterocycles. The van der Waals surface area contributed by atoms with Crippen molar-refractivity contribution in [1.29, 1.82) is 0 Å². The molecule has 7 heteroatoms. The van der Waals surface area contributed by atoms with Gasteiger partial charge in [-0.05, 0) is 0 Å². The number of hydrogen-bond acceptors (Lipinski definition) is 2. The number of alkyl halides is 3. The van der Waals surface area contributed by atoms with Gasteiger partial charge in [-0.25, -0.2) is 0 Å². The number of rotatable bonds is 4. The molecule has 0 radical (unpaired) electrons. The molecule has 0 bridgehead atoms. The average Bonchev–Trinajstić information content (AvgIpc) is 2.80. The summed E-state index contributed by atoms with van der Waals surface area (Å²) < 4.78 is 53.0. The molecule has 0 aliphatic carbocycles. The van der Waals surface area contributed by atoms with Crippen LogP contribution in [0, 0.1) is 0 Å². The molecule has 0 aromatic heterocycles. The first kappa shape index (κ1) is 20.5. The fraction of sp³-hybridized carbons (Fsp3) is 0.400. The Labute approximate surface area is 164 Å². The first-order chi connectivity index (χ1) is 12.5. The number of halogens is 3. The molecule has 27 heavy (non-hydrogen) atoms. The summed E-state index contributed by atoms with van der Waals surface area (Å²) in [4.78, 5) is 0. The Morgan fingerprint density at radius 2 is 1.52 bits per heavy atom. The SMILES string of the molecule is CC1(C)OB(c2ccc(C(F)(F)F)cc2C[Se]c2ccccc2)OC1(C)C. The van der Waals surface area contributed by atoms with Crippen molar-refractivity contribution >= 4 is 32.0 Å². The Bertz CT molecular complexity index is 791. The normalized spacial score (nSPS) is 18.7. The molecule has 1 aliphatic heterocycles. The van der Waals surface area contributed by atoms with Crippen LogP contribution in [0.2, 0.25) is 0 Å². The van der Waals surface area contributed by atoms with Gasteiger partial charge in [0.15, 0.2) is 0 Å². The first-order valence-corrected chi connectivity index (χ1v) is 10.8. The molecule has 0 N–H and O–H groups in total. The molecule has 144 valence electrons. The predicted molar refractivity (Wildman–Crippen MR) is 103 cm³/mol. The molecular formula is C20H22BF3O2Se. The molecule has 0 spiro atoms. The zero-order chi connectivity index (χ0) is 19.9. The van der Waals surface area contributed by atoms with Crippen LogP contribution in [-0.4, -0.2) is 33.3 Å². The summed E-state index contributed by atoms with van der Waals surface area (Å²) >= 11 is 0.0177. The Morgan fingerprint density at radius 1 is 0.926 bits per heavy atom. The van der Waals surface area contributed by atoms with E-state index in [1.807, 2.05) is 58.0 Å². The van der Waals surface area contributed by atoms with E-state index in [9.17, 15) is 13.2 Å². The van der Waals surface area contributed by atoms with Gasteiger partial charge in [0.2, 0.25) is 0 Å². The van der Waals surface area contributed by atoms with Crippen LogP contribution >= 0.6 is 0 Å². The predicted octanol–water partition coefficient (Wildman–Crippen LogP) is 3.53. The second-order valence-electron chi connectivity index (χ2n) is 7.60. The van der Waals surface area contributed by atoms with Gasteiger partial charge in [0.25, 0.3) is 0 Å². The van der Waals surface area contributed by atoms with Crippen LogP contribution in [0.4, 0.5) is 13.2 Å². The summed E-state index contributed by atoms with van der Waals surface area (Å²) in [5, 5.41) is 0.542. The van der Waals surface area contributed by atoms with Crippen molar-refractivity contribution in [2.75, 3.05) is 0 Å². The van der Waals surface area contributed by atoms with E-state index in [1.165, 1.54) is 12.1 Å². The van der Waals surface area contributed by atoms with Crippen molar-refractivity contribution in [2.45, 2.75) is 50.4 Å². The molecule has 0 atom stereocenters. The van der Waals surface area contributed by atoms with E-state index in [4.69, 9.17) is 9.31 Å². The first-order valence-electron chi connectivity index (χ1n) is 8.73. The van der Waals surface area contributed by atoms with Crippen LogP contribution in [0.3, 0.4) is 0 Å². The van der Waals surface area contributed by atoms with Gasteiger partial charge < -0.3 is 0 Å². The molecule has 0 unspecified atom stereocenters.